The van der Waals surface area contributed by atoms with Crippen molar-refractivity contribution >= 4 is 34.7 Å². The van der Waals surface area contributed by atoms with Crippen LogP contribution in [-0.2, 0) is 9.47 Å². The summed E-state index contributed by atoms with van der Waals surface area (Å²) in [5.74, 6) is 1.70. The number of ether oxygens (including phenoxy) is 2. The van der Waals surface area contributed by atoms with Crippen molar-refractivity contribution in [3.05, 3.63) is 60.4 Å². The third-order valence-electron chi connectivity index (χ3n) is 4.72. The summed E-state index contributed by atoms with van der Waals surface area (Å²) in [5, 5.41) is 2.82. The highest BCUT2D eigenvalue weighted by molar-refractivity contribution is 8.00. The molecule has 2 aromatic heterocycles. The molecule has 1 amide bonds. The molecule has 1 aliphatic heterocycles. The summed E-state index contributed by atoms with van der Waals surface area (Å²) in [6.07, 6.45) is 4.33. The first-order chi connectivity index (χ1) is 14.9. The lowest BCUT2D eigenvalue weighted by molar-refractivity contribution is -0.0175. The van der Waals surface area contributed by atoms with Crippen molar-refractivity contribution in [2.75, 3.05) is 18.2 Å². The molecule has 0 bridgehead atoms. The molecule has 0 aliphatic carbocycles. The molecule has 0 fully saturated rings. The van der Waals surface area contributed by atoms with Crippen molar-refractivity contribution in [1.29, 1.82) is 0 Å². The number of fused-ring (bicyclic) bond motifs is 1. The molecule has 1 aliphatic rings. The summed E-state index contributed by atoms with van der Waals surface area (Å²) in [4.78, 5) is 25.6. The van der Waals surface area contributed by atoms with Crippen molar-refractivity contribution in [3.8, 4) is 0 Å². The van der Waals surface area contributed by atoms with Gasteiger partial charge in [0.1, 0.15) is 24.5 Å². The Balaban J connectivity index is 1.57. The van der Waals surface area contributed by atoms with Gasteiger partial charge in [-0.3, -0.25) is 9.36 Å². The van der Waals surface area contributed by atoms with E-state index in [9.17, 15) is 4.79 Å². The molecule has 0 saturated carbocycles. The second kappa shape index (κ2) is 8.68. The van der Waals surface area contributed by atoms with E-state index in [0.29, 0.717) is 22.5 Å². The molecule has 1 aromatic carbocycles. The zero-order valence-corrected chi connectivity index (χ0v) is 18.7. The van der Waals surface area contributed by atoms with Crippen LogP contribution in [0.5, 0.6) is 0 Å². The van der Waals surface area contributed by atoms with Gasteiger partial charge in [0.05, 0.1) is 5.75 Å². The van der Waals surface area contributed by atoms with E-state index >= 15 is 0 Å². The lowest BCUT2D eigenvalue weighted by Gasteiger charge is -2.21. The van der Waals surface area contributed by atoms with Crippen molar-refractivity contribution in [1.82, 2.24) is 19.5 Å². The first kappa shape index (κ1) is 21.3. The Bertz CT molecular complexity index is 1110. The maximum Gasteiger partial charge on any atom is 0.256 e. The number of hydrogen-bond donors (Lipinski definition) is 1. The zero-order chi connectivity index (χ0) is 22.0. The predicted octanol–water partition coefficient (Wildman–Crippen LogP) is 4.04. The maximum atomic E-state index is 12.6. The Morgan fingerprint density at radius 1 is 1.23 bits per heavy atom. The Labute approximate surface area is 185 Å². The minimum absolute atomic E-state index is 0.131. The molecule has 2 atom stereocenters. The van der Waals surface area contributed by atoms with Gasteiger partial charge in [0, 0.05) is 17.4 Å². The van der Waals surface area contributed by atoms with Gasteiger partial charge in [-0.25, -0.2) is 15.0 Å². The molecule has 31 heavy (non-hydrogen) atoms. The Morgan fingerprint density at radius 3 is 2.71 bits per heavy atom. The van der Waals surface area contributed by atoms with Gasteiger partial charge < -0.3 is 14.8 Å². The number of methoxy groups -OCH3 is 1. The molecule has 0 radical (unpaired) electrons. The number of anilines is 1. The summed E-state index contributed by atoms with van der Waals surface area (Å²) < 4.78 is 13.8. The molecular weight excluding hydrogens is 414 g/mol. The fraction of sp³-hybridized carbons (Fsp3) is 0.364. The third-order valence-corrected chi connectivity index (χ3v) is 6.02. The Kier molecular flexibility index (Phi) is 5.97. The molecule has 0 unspecified atom stereocenters. The van der Waals surface area contributed by atoms with Crippen LogP contribution in [0.15, 0.2) is 54.8 Å². The van der Waals surface area contributed by atoms with Crippen molar-refractivity contribution < 1.29 is 14.3 Å². The molecule has 162 valence electrons. The van der Waals surface area contributed by atoms with Gasteiger partial charge in [0.25, 0.3) is 5.91 Å². The highest BCUT2D eigenvalue weighted by atomic mass is 32.2. The lowest BCUT2D eigenvalue weighted by Crippen LogP contribution is -2.22. The Hall–Kier alpha value is -2.91. The normalized spacial score (nSPS) is 18.6. The summed E-state index contributed by atoms with van der Waals surface area (Å²) in [6.45, 7) is 6.51. The fourth-order valence-corrected chi connectivity index (χ4v) is 3.93. The molecule has 3 heterocycles. The van der Waals surface area contributed by atoms with Crippen LogP contribution in [0.2, 0.25) is 0 Å². The second-order valence-corrected chi connectivity index (χ2v) is 9.91. The van der Waals surface area contributed by atoms with Gasteiger partial charge in [-0.1, -0.05) is 39.0 Å². The quantitative estimate of drug-likeness (QED) is 0.620. The van der Waals surface area contributed by atoms with E-state index in [1.165, 1.54) is 6.33 Å². The van der Waals surface area contributed by atoms with Crippen LogP contribution in [0.25, 0.3) is 11.2 Å². The molecule has 8 nitrogen and oxygen atoms in total. The van der Waals surface area contributed by atoms with Crippen molar-refractivity contribution in [2.24, 2.45) is 0 Å². The number of thioether (sulfide) groups is 1. The van der Waals surface area contributed by atoms with Crippen LogP contribution in [0.1, 0.15) is 37.4 Å². The summed E-state index contributed by atoms with van der Waals surface area (Å²) >= 11 is 1.81. The van der Waals surface area contributed by atoms with Crippen LogP contribution in [0, 0.1) is 0 Å². The topological polar surface area (TPSA) is 91.2 Å². The average Bonchev–Trinajstić information content (AvgIpc) is 3.36. The first-order valence-corrected chi connectivity index (χ1v) is 10.9. The number of imidazole rings is 1. The molecule has 1 N–H and O–H groups in total. The fourth-order valence-electron chi connectivity index (χ4n) is 3.20. The van der Waals surface area contributed by atoms with E-state index in [2.05, 4.69) is 41.0 Å². The average molecular weight is 440 g/mol. The number of carbonyl (C=O) groups is 1. The van der Waals surface area contributed by atoms with Crippen LogP contribution >= 0.6 is 11.8 Å². The minimum atomic E-state index is -0.432. The molecular formula is C22H25N5O3S. The number of amides is 1. The highest BCUT2D eigenvalue weighted by Crippen LogP contribution is 2.35. The van der Waals surface area contributed by atoms with Crippen molar-refractivity contribution in [2.45, 2.75) is 37.9 Å². The third kappa shape index (κ3) is 4.72. The van der Waals surface area contributed by atoms with Gasteiger partial charge in [-0.2, -0.15) is 0 Å². The maximum absolute atomic E-state index is 12.6. The number of rotatable bonds is 6. The number of carbonyl (C=O) groups excluding carboxylic acids is 1. The highest BCUT2D eigenvalue weighted by Gasteiger charge is 2.33. The van der Waals surface area contributed by atoms with Crippen LogP contribution < -0.4 is 5.32 Å². The van der Waals surface area contributed by atoms with Crippen LogP contribution in [0.3, 0.4) is 0 Å². The molecule has 4 rings (SSSR count). The van der Waals surface area contributed by atoms with E-state index < -0.39 is 6.23 Å². The van der Waals surface area contributed by atoms with E-state index in [1.54, 1.807) is 37.3 Å². The summed E-state index contributed by atoms with van der Waals surface area (Å²) in [5.41, 5.74) is 1.59. The van der Waals surface area contributed by atoms with Gasteiger partial charge >= 0.3 is 0 Å². The molecule has 9 heteroatoms. The number of nitrogens with one attached hydrogen (secondary N) is 1. The van der Waals surface area contributed by atoms with E-state index in [-0.39, 0.29) is 16.8 Å². The number of benzene rings is 1. The van der Waals surface area contributed by atoms with E-state index in [0.717, 1.165) is 11.5 Å². The predicted molar refractivity (Wildman–Crippen MR) is 121 cm³/mol. The first-order valence-electron chi connectivity index (χ1n) is 9.94. The van der Waals surface area contributed by atoms with Gasteiger partial charge in [-0.15, -0.1) is 11.8 Å². The second-order valence-electron chi connectivity index (χ2n) is 8.11. The molecule has 0 spiro atoms. The number of nitrogens with zero attached hydrogens (tertiary/aromatic N) is 4. The summed E-state index contributed by atoms with van der Waals surface area (Å²) in [7, 11) is 1.65. The van der Waals surface area contributed by atoms with E-state index in [1.807, 2.05) is 28.8 Å². The molecule has 3 aromatic rings. The van der Waals surface area contributed by atoms with Crippen LogP contribution in [0.4, 0.5) is 5.82 Å². The monoisotopic (exact) mass is 439 g/mol. The SMILES string of the molecule is CO[C@@H]1C=C(CSC(C)(C)C)O[C@H]1n1cnc2c(NC(=O)c3ccccc3)ncnc21. The number of hydrogen-bond acceptors (Lipinski definition) is 7. The van der Waals surface area contributed by atoms with Crippen molar-refractivity contribution in [3.63, 3.8) is 0 Å². The van der Waals surface area contributed by atoms with Gasteiger partial charge in [0.15, 0.2) is 17.0 Å². The summed E-state index contributed by atoms with van der Waals surface area (Å²) in [6, 6.07) is 8.96. The van der Waals surface area contributed by atoms with E-state index in [4.69, 9.17) is 9.47 Å². The molecule has 0 saturated heterocycles. The zero-order valence-electron chi connectivity index (χ0n) is 17.9. The van der Waals surface area contributed by atoms with Gasteiger partial charge in [0.2, 0.25) is 6.23 Å². The smallest absolute Gasteiger partial charge is 0.256 e. The minimum Gasteiger partial charge on any atom is -0.471 e. The Morgan fingerprint density at radius 2 is 2.00 bits per heavy atom. The standard InChI is InChI=1S/C22H25N5O3S/c1-22(2,3)31-11-15-10-16(29-4)21(30-15)27-13-25-17-18(23-12-24-19(17)27)26-20(28)14-8-6-5-7-9-14/h5-10,12-13,16,21H,11H2,1-4H3,(H,23,24,26,28)/t16-,21-/m1/s1. The lowest BCUT2D eigenvalue weighted by atomic mass is 10.2. The van der Waals surface area contributed by atoms with Gasteiger partial charge in [-0.05, 0) is 18.2 Å². The van der Waals surface area contributed by atoms with Crippen LogP contribution in [-0.4, -0.2) is 49.1 Å². The number of aromatic nitrogens is 4. The largest absolute Gasteiger partial charge is 0.471 e.